The van der Waals surface area contributed by atoms with Crippen molar-refractivity contribution in [3.8, 4) is 22.3 Å². The van der Waals surface area contributed by atoms with Crippen LogP contribution in [0.25, 0.3) is 33.2 Å². The van der Waals surface area contributed by atoms with E-state index in [0.717, 1.165) is 23.6 Å². The van der Waals surface area contributed by atoms with E-state index in [2.05, 4.69) is 10.3 Å². The molecule has 0 amide bonds. The van der Waals surface area contributed by atoms with E-state index in [-0.39, 0.29) is 5.52 Å². The van der Waals surface area contributed by atoms with E-state index in [4.69, 9.17) is 11.6 Å². The summed E-state index contributed by atoms with van der Waals surface area (Å²) in [6, 6.07) is 25.9. The highest BCUT2D eigenvalue weighted by molar-refractivity contribution is 6.31. The fraction of sp³-hybridized carbons (Fsp3) is 0.0667. The molecule has 3 nitrogen and oxygen atoms in total. The lowest BCUT2D eigenvalue weighted by molar-refractivity contribution is -0.136. The molecule has 5 rings (SSSR count). The first-order valence-corrected chi connectivity index (χ1v) is 11.9. The summed E-state index contributed by atoms with van der Waals surface area (Å²) in [5.41, 5.74) is 3.55. The Bertz CT molecular complexity index is 1610. The average Bonchev–Trinajstić information content (AvgIpc) is 2.91. The van der Waals surface area contributed by atoms with E-state index < -0.39 is 11.7 Å². The van der Waals surface area contributed by atoms with Gasteiger partial charge in [-0.15, -0.1) is 0 Å². The second kappa shape index (κ2) is 10.1. The molecule has 0 radical (unpaired) electrons. The maximum absolute atomic E-state index is 13.8. The first kappa shape index (κ1) is 24.5. The molecular weight excluding hydrogens is 497 g/mol. The zero-order valence-corrected chi connectivity index (χ0v) is 20.1. The number of alkyl halides is 3. The SMILES string of the molecule is O=Cc1ccccc1-c1cnc2c(C(F)(F)F)cccc2c1-c1cccc(NCc2ccccc2Cl)c1. The van der Waals surface area contributed by atoms with Crippen LogP contribution < -0.4 is 5.32 Å². The van der Waals surface area contributed by atoms with Crippen LogP contribution in [-0.2, 0) is 12.7 Å². The van der Waals surface area contributed by atoms with Gasteiger partial charge in [0.25, 0.3) is 0 Å². The number of carbonyl (C=O) groups excluding carboxylic acids is 1. The summed E-state index contributed by atoms with van der Waals surface area (Å²) in [6.45, 7) is 0.472. The summed E-state index contributed by atoms with van der Waals surface area (Å²) in [7, 11) is 0. The monoisotopic (exact) mass is 516 g/mol. The van der Waals surface area contributed by atoms with E-state index in [9.17, 15) is 18.0 Å². The third-order valence-corrected chi connectivity index (χ3v) is 6.54. The van der Waals surface area contributed by atoms with E-state index in [0.29, 0.717) is 44.8 Å². The molecule has 1 heterocycles. The predicted octanol–water partition coefficient (Wildman–Crippen LogP) is 8.67. The normalized spacial score (nSPS) is 11.5. The van der Waals surface area contributed by atoms with Crippen LogP contribution in [0.4, 0.5) is 18.9 Å². The van der Waals surface area contributed by atoms with Gasteiger partial charge in [-0.2, -0.15) is 13.2 Å². The minimum Gasteiger partial charge on any atom is -0.381 e. The Hall–Kier alpha value is -4.16. The second-order valence-electron chi connectivity index (χ2n) is 8.48. The summed E-state index contributed by atoms with van der Waals surface area (Å²) >= 11 is 6.28. The van der Waals surface area contributed by atoms with Crippen molar-refractivity contribution < 1.29 is 18.0 Å². The van der Waals surface area contributed by atoms with Crippen molar-refractivity contribution in [2.45, 2.75) is 12.7 Å². The van der Waals surface area contributed by atoms with Gasteiger partial charge >= 0.3 is 6.18 Å². The Morgan fingerprint density at radius 3 is 2.41 bits per heavy atom. The fourth-order valence-corrected chi connectivity index (χ4v) is 4.64. The fourth-order valence-electron chi connectivity index (χ4n) is 4.44. The van der Waals surface area contributed by atoms with Crippen molar-refractivity contribution in [2.24, 2.45) is 0 Å². The Kier molecular flexibility index (Phi) is 6.68. The van der Waals surface area contributed by atoms with E-state index >= 15 is 0 Å². The third-order valence-electron chi connectivity index (χ3n) is 6.17. The molecule has 0 atom stereocenters. The number of aromatic nitrogens is 1. The van der Waals surface area contributed by atoms with Crippen molar-refractivity contribution >= 4 is 34.5 Å². The minimum atomic E-state index is -4.57. The van der Waals surface area contributed by atoms with Crippen LogP contribution in [0, 0.1) is 0 Å². The number of nitrogens with zero attached hydrogens (tertiary/aromatic N) is 1. The van der Waals surface area contributed by atoms with Gasteiger partial charge in [0, 0.05) is 45.5 Å². The lowest BCUT2D eigenvalue weighted by Gasteiger charge is -2.18. The van der Waals surface area contributed by atoms with Crippen LogP contribution in [0.2, 0.25) is 5.02 Å². The maximum Gasteiger partial charge on any atom is 0.418 e. The van der Waals surface area contributed by atoms with Crippen LogP contribution in [-0.4, -0.2) is 11.3 Å². The molecule has 1 aromatic heterocycles. The standard InChI is InChI=1S/C30H20ClF3N2O/c31-27-14-4-2-7-20(27)16-35-22-10-5-9-19(15-22)28-24-12-6-13-26(30(32,33)34)29(24)36-17-25(28)23-11-3-1-8-21(23)18-37/h1-15,17-18,35H,16H2. The lowest BCUT2D eigenvalue weighted by atomic mass is 9.89. The van der Waals surface area contributed by atoms with Crippen molar-refractivity contribution in [1.29, 1.82) is 0 Å². The second-order valence-corrected chi connectivity index (χ2v) is 8.88. The maximum atomic E-state index is 13.8. The Labute approximate surface area is 216 Å². The smallest absolute Gasteiger partial charge is 0.381 e. The number of aldehydes is 1. The van der Waals surface area contributed by atoms with E-state index in [1.807, 2.05) is 48.5 Å². The van der Waals surface area contributed by atoms with E-state index in [1.165, 1.54) is 12.3 Å². The molecule has 5 aromatic rings. The largest absolute Gasteiger partial charge is 0.418 e. The minimum absolute atomic E-state index is 0.147. The summed E-state index contributed by atoms with van der Waals surface area (Å²) in [5.74, 6) is 0. The number of halogens is 4. The van der Waals surface area contributed by atoms with Crippen LogP contribution >= 0.6 is 11.6 Å². The summed E-state index contributed by atoms with van der Waals surface area (Å²) < 4.78 is 41.5. The van der Waals surface area contributed by atoms with Crippen LogP contribution in [0.5, 0.6) is 0 Å². The Morgan fingerprint density at radius 1 is 0.865 bits per heavy atom. The predicted molar refractivity (Wildman–Crippen MR) is 142 cm³/mol. The number of rotatable bonds is 6. The van der Waals surface area contributed by atoms with Crippen molar-refractivity contribution in [3.63, 3.8) is 0 Å². The van der Waals surface area contributed by atoms with Gasteiger partial charge in [-0.25, -0.2) is 0 Å². The zero-order chi connectivity index (χ0) is 26.0. The Balaban J connectivity index is 1.70. The molecule has 4 aromatic carbocycles. The van der Waals surface area contributed by atoms with Gasteiger partial charge in [-0.3, -0.25) is 9.78 Å². The molecule has 0 unspecified atom stereocenters. The number of nitrogens with one attached hydrogen (secondary N) is 1. The number of hydrogen-bond donors (Lipinski definition) is 1. The number of pyridine rings is 1. The van der Waals surface area contributed by atoms with Crippen LogP contribution in [0.1, 0.15) is 21.5 Å². The number of anilines is 1. The number of hydrogen-bond acceptors (Lipinski definition) is 3. The molecule has 0 saturated carbocycles. The molecule has 0 aliphatic carbocycles. The number of fused-ring (bicyclic) bond motifs is 1. The molecular formula is C30H20ClF3N2O. The third kappa shape index (κ3) is 4.93. The highest BCUT2D eigenvalue weighted by Crippen LogP contribution is 2.42. The van der Waals surface area contributed by atoms with Crippen LogP contribution in [0.15, 0.2) is 97.2 Å². The highest BCUT2D eigenvalue weighted by Gasteiger charge is 2.33. The first-order chi connectivity index (χ1) is 17.9. The first-order valence-electron chi connectivity index (χ1n) is 11.5. The van der Waals surface area contributed by atoms with Crippen molar-refractivity contribution in [3.05, 3.63) is 119 Å². The summed E-state index contributed by atoms with van der Waals surface area (Å²) in [6.07, 6.45) is -2.42. The van der Waals surface area contributed by atoms with Gasteiger partial charge in [0.15, 0.2) is 6.29 Å². The number of benzene rings is 4. The van der Waals surface area contributed by atoms with Gasteiger partial charge in [0.1, 0.15) is 0 Å². The molecule has 37 heavy (non-hydrogen) atoms. The molecule has 7 heteroatoms. The molecule has 0 spiro atoms. The van der Waals surface area contributed by atoms with Gasteiger partial charge in [0.2, 0.25) is 0 Å². The highest BCUT2D eigenvalue weighted by atomic mass is 35.5. The van der Waals surface area contributed by atoms with E-state index in [1.54, 1.807) is 30.3 Å². The van der Waals surface area contributed by atoms with Gasteiger partial charge in [0.05, 0.1) is 11.1 Å². The van der Waals surface area contributed by atoms with Gasteiger partial charge in [-0.1, -0.05) is 78.3 Å². The lowest BCUT2D eigenvalue weighted by Crippen LogP contribution is -2.07. The zero-order valence-electron chi connectivity index (χ0n) is 19.4. The van der Waals surface area contributed by atoms with Gasteiger partial charge in [-0.05, 0) is 41.0 Å². The summed E-state index contributed by atoms with van der Waals surface area (Å²) in [5, 5.41) is 4.32. The molecule has 184 valence electrons. The molecule has 1 N–H and O–H groups in total. The van der Waals surface area contributed by atoms with Crippen molar-refractivity contribution in [2.75, 3.05) is 5.32 Å². The number of carbonyl (C=O) groups is 1. The topological polar surface area (TPSA) is 42.0 Å². The van der Waals surface area contributed by atoms with Crippen molar-refractivity contribution in [1.82, 2.24) is 4.98 Å². The molecule has 0 saturated heterocycles. The molecule has 0 bridgehead atoms. The number of para-hydroxylation sites is 1. The summed E-state index contributed by atoms with van der Waals surface area (Å²) in [4.78, 5) is 16.0. The van der Waals surface area contributed by atoms with Crippen LogP contribution in [0.3, 0.4) is 0 Å². The molecule has 0 aliphatic heterocycles. The Morgan fingerprint density at radius 2 is 1.62 bits per heavy atom. The average molecular weight is 517 g/mol. The molecule has 0 aliphatic rings. The molecule has 0 fully saturated rings. The van der Waals surface area contributed by atoms with Gasteiger partial charge < -0.3 is 5.32 Å². The quantitative estimate of drug-likeness (QED) is 0.230.